The molecule has 1 aromatic carbocycles. The van der Waals surface area contributed by atoms with Crippen LogP contribution in [0, 0.1) is 0 Å². The van der Waals surface area contributed by atoms with E-state index >= 15 is 0 Å². The van der Waals surface area contributed by atoms with Crippen LogP contribution in [0.25, 0.3) is 0 Å². The Labute approximate surface area is 107 Å². The first-order chi connectivity index (χ1) is 7.99. The third kappa shape index (κ3) is 4.76. The summed E-state index contributed by atoms with van der Waals surface area (Å²) in [5.74, 6) is -1.82. The number of rotatable bonds is 4. The van der Waals surface area contributed by atoms with Crippen LogP contribution in [0.15, 0.2) is 30.4 Å². The third-order valence-electron chi connectivity index (χ3n) is 1.63. The predicted molar refractivity (Wildman–Crippen MR) is 65.0 cm³/mol. The minimum atomic E-state index is -1.20. The Balaban J connectivity index is 2.56. The average molecular weight is 275 g/mol. The molecule has 0 heterocycles. The third-order valence-corrected chi connectivity index (χ3v) is 2.18. The van der Waals surface area contributed by atoms with Gasteiger partial charge in [-0.15, -0.1) is 0 Å². The molecule has 0 radical (unpaired) electrons. The molecular formula is C10H8Cl2N2O3. The van der Waals surface area contributed by atoms with E-state index in [1.807, 2.05) is 0 Å². The van der Waals surface area contributed by atoms with Gasteiger partial charge < -0.3 is 5.11 Å². The number of carbonyl (C=O) groups excluding carboxylic acids is 1. The van der Waals surface area contributed by atoms with E-state index in [-0.39, 0.29) is 0 Å². The number of carboxylic acids is 1. The quantitative estimate of drug-likeness (QED) is 0.580. The lowest BCUT2D eigenvalue weighted by molar-refractivity contribution is -0.131. The van der Waals surface area contributed by atoms with Crippen LogP contribution in [0.2, 0.25) is 10.0 Å². The number of nitrogens with one attached hydrogen (secondary N) is 2. The molecule has 0 aliphatic carbocycles. The van der Waals surface area contributed by atoms with Crippen molar-refractivity contribution < 1.29 is 14.7 Å². The number of carboxylic acid groups (broad SMARTS) is 1. The monoisotopic (exact) mass is 274 g/mol. The Bertz CT molecular complexity index is 475. The second kappa shape index (κ2) is 6.12. The number of amides is 1. The number of hydrazine groups is 1. The molecule has 0 spiro atoms. The lowest BCUT2D eigenvalue weighted by Crippen LogP contribution is -2.27. The highest BCUT2D eigenvalue weighted by Crippen LogP contribution is 2.24. The van der Waals surface area contributed by atoms with Gasteiger partial charge in [-0.3, -0.25) is 15.6 Å². The summed E-state index contributed by atoms with van der Waals surface area (Å²) in [5, 5.41) is 9.10. The topological polar surface area (TPSA) is 78.4 Å². The maximum Gasteiger partial charge on any atom is 0.328 e. The van der Waals surface area contributed by atoms with Crippen LogP contribution in [-0.4, -0.2) is 17.0 Å². The van der Waals surface area contributed by atoms with Gasteiger partial charge in [-0.05, 0) is 18.2 Å². The van der Waals surface area contributed by atoms with Crippen LogP contribution in [0.3, 0.4) is 0 Å². The van der Waals surface area contributed by atoms with E-state index in [9.17, 15) is 9.59 Å². The molecule has 17 heavy (non-hydrogen) atoms. The molecule has 1 aromatic rings. The summed E-state index contributed by atoms with van der Waals surface area (Å²) >= 11 is 11.5. The van der Waals surface area contributed by atoms with Crippen LogP contribution < -0.4 is 10.9 Å². The van der Waals surface area contributed by atoms with Crippen molar-refractivity contribution in [1.82, 2.24) is 5.43 Å². The molecule has 0 aromatic heterocycles. The van der Waals surface area contributed by atoms with Crippen molar-refractivity contribution in [2.45, 2.75) is 0 Å². The first-order valence-electron chi connectivity index (χ1n) is 4.41. The molecule has 0 unspecified atom stereocenters. The molecule has 0 atom stereocenters. The lowest BCUT2D eigenvalue weighted by Gasteiger charge is -2.08. The van der Waals surface area contributed by atoms with E-state index < -0.39 is 11.9 Å². The Morgan fingerprint density at radius 1 is 1.24 bits per heavy atom. The summed E-state index contributed by atoms with van der Waals surface area (Å²) in [6.07, 6.45) is 1.60. The molecule has 0 saturated heterocycles. The van der Waals surface area contributed by atoms with Crippen LogP contribution in [0.4, 0.5) is 5.69 Å². The molecule has 0 aliphatic rings. The zero-order chi connectivity index (χ0) is 12.8. The maximum atomic E-state index is 11.1. The van der Waals surface area contributed by atoms with Crippen molar-refractivity contribution in [2.24, 2.45) is 0 Å². The smallest absolute Gasteiger partial charge is 0.328 e. The summed E-state index contributed by atoms with van der Waals surface area (Å²) in [4.78, 5) is 21.3. The number of carbonyl (C=O) groups is 2. The number of halogens is 2. The van der Waals surface area contributed by atoms with Gasteiger partial charge >= 0.3 is 5.97 Å². The fourth-order valence-electron chi connectivity index (χ4n) is 0.908. The van der Waals surface area contributed by atoms with E-state index in [2.05, 4.69) is 10.9 Å². The zero-order valence-corrected chi connectivity index (χ0v) is 9.92. The average Bonchev–Trinajstić information content (AvgIpc) is 2.25. The molecule has 7 heteroatoms. The lowest BCUT2D eigenvalue weighted by atomic mass is 10.3. The summed E-state index contributed by atoms with van der Waals surface area (Å²) in [6.45, 7) is 0. The first-order valence-corrected chi connectivity index (χ1v) is 5.16. The van der Waals surface area contributed by atoms with E-state index in [0.717, 1.165) is 12.2 Å². The van der Waals surface area contributed by atoms with Crippen LogP contribution in [0.1, 0.15) is 0 Å². The normalized spacial score (nSPS) is 10.2. The molecule has 1 amide bonds. The highest BCUT2D eigenvalue weighted by molar-refractivity contribution is 6.36. The molecule has 0 fully saturated rings. The fraction of sp³-hybridized carbons (Fsp3) is 0. The Hall–Kier alpha value is -1.72. The SMILES string of the molecule is O=C(O)/C=C\C(=O)NNc1ccc(Cl)cc1Cl. The molecule has 3 N–H and O–H groups in total. The van der Waals surface area contributed by atoms with Gasteiger partial charge in [0.2, 0.25) is 0 Å². The van der Waals surface area contributed by atoms with Gasteiger partial charge in [0.25, 0.3) is 5.91 Å². The number of hydrogen-bond acceptors (Lipinski definition) is 3. The van der Waals surface area contributed by atoms with Gasteiger partial charge in [-0.2, -0.15) is 0 Å². The van der Waals surface area contributed by atoms with Crippen LogP contribution in [0.5, 0.6) is 0 Å². The standard InChI is InChI=1S/C10H8Cl2N2O3/c11-6-1-2-8(7(12)5-6)13-14-9(15)3-4-10(16)17/h1-5,13H,(H,14,15)(H,16,17)/b4-3-. The molecule has 90 valence electrons. The second-order valence-electron chi connectivity index (χ2n) is 2.91. The molecular weight excluding hydrogens is 267 g/mol. The largest absolute Gasteiger partial charge is 0.478 e. The Morgan fingerprint density at radius 2 is 1.94 bits per heavy atom. The Kier molecular flexibility index (Phi) is 4.81. The van der Waals surface area contributed by atoms with Crippen molar-refractivity contribution in [1.29, 1.82) is 0 Å². The van der Waals surface area contributed by atoms with Gasteiger partial charge in [0, 0.05) is 17.2 Å². The minimum absolute atomic E-state index is 0.333. The van der Waals surface area contributed by atoms with Crippen molar-refractivity contribution in [3.8, 4) is 0 Å². The summed E-state index contributed by atoms with van der Waals surface area (Å²) < 4.78 is 0. The zero-order valence-electron chi connectivity index (χ0n) is 8.41. The maximum absolute atomic E-state index is 11.1. The van der Waals surface area contributed by atoms with Gasteiger partial charge in [0.1, 0.15) is 0 Å². The van der Waals surface area contributed by atoms with E-state index in [4.69, 9.17) is 28.3 Å². The molecule has 0 saturated carbocycles. The van der Waals surface area contributed by atoms with Gasteiger partial charge in [0.15, 0.2) is 0 Å². The first kappa shape index (κ1) is 13.3. The highest BCUT2D eigenvalue weighted by atomic mass is 35.5. The van der Waals surface area contributed by atoms with Crippen LogP contribution >= 0.6 is 23.2 Å². The molecule has 5 nitrogen and oxygen atoms in total. The van der Waals surface area contributed by atoms with Gasteiger partial charge in [0.05, 0.1) is 10.7 Å². The van der Waals surface area contributed by atoms with E-state index in [1.165, 1.54) is 6.07 Å². The van der Waals surface area contributed by atoms with Crippen molar-refractivity contribution in [3.63, 3.8) is 0 Å². The minimum Gasteiger partial charge on any atom is -0.478 e. The molecule has 1 rings (SSSR count). The highest BCUT2D eigenvalue weighted by Gasteiger charge is 2.01. The Morgan fingerprint density at radius 3 is 2.53 bits per heavy atom. The number of benzene rings is 1. The second-order valence-corrected chi connectivity index (χ2v) is 3.75. The number of anilines is 1. The van der Waals surface area contributed by atoms with Crippen molar-refractivity contribution in [2.75, 3.05) is 5.43 Å². The fourth-order valence-corrected chi connectivity index (χ4v) is 1.36. The summed E-state index contributed by atoms with van der Waals surface area (Å²) in [5.41, 5.74) is 5.23. The van der Waals surface area contributed by atoms with Crippen molar-refractivity contribution >= 4 is 40.8 Å². The molecule has 0 aliphatic heterocycles. The van der Waals surface area contributed by atoms with Crippen LogP contribution in [-0.2, 0) is 9.59 Å². The molecule has 0 bridgehead atoms. The predicted octanol–water partition coefficient (Wildman–Crippen LogP) is 2.08. The summed E-state index contributed by atoms with van der Waals surface area (Å²) in [7, 11) is 0. The van der Waals surface area contributed by atoms with E-state index in [0.29, 0.717) is 15.7 Å². The van der Waals surface area contributed by atoms with Gasteiger partial charge in [-0.25, -0.2) is 4.79 Å². The number of hydrogen-bond donors (Lipinski definition) is 3. The van der Waals surface area contributed by atoms with E-state index in [1.54, 1.807) is 12.1 Å². The van der Waals surface area contributed by atoms with Gasteiger partial charge in [-0.1, -0.05) is 23.2 Å². The summed E-state index contributed by atoms with van der Waals surface area (Å²) in [6, 6.07) is 4.67. The number of aliphatic carboxylic acids is 1. The van der Waals surface area contributed by atoms with Crippen molar-refractivity contribution in [3.05, 3.63) is 40.4 Å².